The average Bonchev–Trinajstić information content (AvgIpc) is 1.97. The zero-order valence-corrected chi connectivity index (χ0v) is 10.2. The maximum absolute atomic E-state index is 11.6. The zero-order chi connectivity index (χ0) is 11.9. The molecular weight excluding hydrogens is 192 g/mol. The molecule has 0 radical (unpaired) electrons. The molecule has 1 aliphatic heterocycles. The van der Waals surface area contributed by atoms with Gasteiger partial charge in [0.05, 0.1) is 6.04 Å². The summed E-state index contributed by atoms with van der Waals surface area (Å²) in [6.07, 6.45) is 1.30. The molecule has 4 heteroatoms. The van der Waals surface area contributed by atoms with Crippen molar-refractivity contribution in [1.29, 1.82) is 0 Å². The molecule has 0 aromatic heterocycles. The Labute approximate surface area is 91.0 Å². The second-order valence-corrected chi connectivity index (χ2v) is 5.65. The Bertz CT molecular complexity index is 266. The third-order valence-electron chi connectivity index (χ3n) is 3.14. The smallest absolute Gasteiger partial charge is 0.220 e. The van der Waals surface area contributed by atoms with Gasteiger partial charge in [0.25, 0.3) is 0 Å². The number of carbonyl (C=O) groups excluding carboxylic acids is 1. The third kappa shape index (κ3) is 2.19. The van der Waals surface area contributed by atoms with Crippen molar-refractivity contribution in [3.05, 3.63) is 4.91 Å². The number of amides is 1. The first-order valence-corrected chi connectivity index (χ1v) is 5.34. The van der Waals surface area contributed by atoms with Crippen LogP contribution in [0.15, 0.2) is 5.18 Å². The van der Waals surface area contributed by atoms with Crippen molar-refractivity contribution >= 4 is 5.91 Å². The Balaban J connectivity index is 3.05. The second-order valence-electron chi connectivity index (χ2n) is 5.65. The molecular formula is C11H20N2O2. The molecule has 0 bridgehead atoms. The number of likely N-dealkylation sites (tertiary alicyclic amines) is 1. The number of nitrogens with zero attached hydrogens (tertiary/aromatic N) is 2. The van der Waals surface area contributed by atoms with Gasteiger partial charge in [-0.1, -0.05) is 5.18 Å². The summed E-state index contributed by atoms with van der Waals surface area (Å²) in [5, 5.41) is 3.14. The van der Waals surface area contributed by atoms with E-state index in [9.17, 15) is 9.70 Å². The summed E-state index contributed by atoms with van der Waals surface area (Å²) in [5.41, 5.74) is -0.571. The van der Waals surface area contributed by atoms with Crippen LogP contribution < -0.4 is 0 Å². The number of rotatable bonds is 1. The SMILES string of the molecule is CC(=O)N1C(C)(C)CC(N=O)CC1(C)C. The van der Waals surface area contributed by atoms with Gasteiger partial charge in [-0.05, 0) is 40.5 Å². The van der Waals surface area contributed by atoms with E-state index in [0.29, 0.717) is 12.8 Å². The fourth-order valence-corrected chi connectivity index (χ4v) is 3.15. The summed E-state index contributed by atoms with van der Waals surface area (Å²) in [6.45, 7) is 9.56. The second kappa shape index (κ2) is 3.58. The van der Waals surface area contributed by atoms with Crippen LogP contribution in [-0.2, 0) is 4.79 Å². The maximum atomic E-state index is 11.6. The van der Waals surface area contributed by atoms with Crippen LogP contribution in [0, 0.1) is 4.91 Å². The molecule has 0 saturated carbocycles. The number of nitroso groups, excluding NO2 is 1. The van der Waals surface area contributed by atoms with Crippen LogP contribution in [0.4, 0.5) is 0 Å². The van der Waals surface area contributed by atoms with Crippen LogP contribution in [0.5, 0.6) is 0 Å². The molecule has 1 amide bonds. The van der Waals surface area contributed by atoms with Gasteiger partial charge in [0.2, 0.25) is 5.91 Å². The van der Waals surface area contributed by atoms with E-state index in [-0.39, 0.29) is 23.0 Å². The fourth-order valence-electron chi connectivity index (χ4n) is 3.15. The highest BCUT2D eigenvalue weighted by Crippen LogP contribution is 2.39. The van der Waals surface area contributed by atoms with Crippen molar-refractivity contribution in [3.8, 4) is 0 Å². The van der Waals surface area contributed by atoms with Gasteiger partial charge in [-0.15, -0.1) is 0 Å². The van der Waals surface area contributed by atoms with E-state index in [4.69, 9.17) is 0 Å². The van der Waals surface area contributed by atoms with Crippen LogP contribution in [0.3, 0.4) is 0 Å². The quantitative estimate of drug-likeness (QED) is 0.626. The largest absolute Gasteiger partial charge is 0.333 e. The third-order valence-corrected chi connectivity index (χ3v) is 3.14. The highest BCUT2D eigenvalue weighted by molar-refractivity contribution is 5.75. The van der Waals surface area contributed by atoms with E-state index in [0.717, 1.165) is 0 Å². The van der Waals surface area contributed by atoms with E-state index in [1.165, 1.54) is 0 Å². The highest BCUT2D eigenvalue weighted by Gasteiger charge is 2.47. The summed E-state index contributed by atoms with van der Waals surface area (Å²) in [5.74, 6) is 0.0642. The molecule has 0 aliphatic carbocycles. The molecule has 0 unspecified atom stereocenters. The van der Waals surface area contributed by atoms with Gasteiger partial charge in [-0.25, -0.2) is 0 Å². The molecule has 0 aromatic rings. The van der Waals surface area contributed by atoms with Crippen LogP contribution in [0.1, 0.15) is 47.5 Å². The Morgan fingerprint density at radius 1 is 1.20 bits per heavy atom. The summed E-state index contributed by atoms with van der Waals surface area (Å²) in [7, 11) is 0. The van der Waals surface area contributed by atoms with Gasteiger partial charge < -0.3 is 4.90 Å². The van der Waals surface area contributed by atoms with Crippen molar-refractivity contribution in [2.45, 2.75) is 64.6 Å². The van der Waals surface area contributed by atoms with Crippen LogP contribution in [0.2, 0.25) is 0 Å². The van der Waals surface area contributed by atoms with Crippen LogP contribution >= 0.6 is 0 Å². The molecule has 0 N–H and O–H groups in total. The lowest BCUT2D eigenvalue weighted by atomic mass is 9.77. The summed E-state index contributed by atoms with van der Waals surface area (Å²) in [6, 6.07) is -0.175. The minimum atomic E-state index is -0.286. The number of hydrogen-bond acceptors (Lipinski definition) is 3. The topological polar surface area (TPSA) is 49.7 Å². The van der Waals surface area contributed by atoms with Crippen molar-refractivity contribution in [2.75, 3.05) is 0 Å². The average molecular weight is 212 g/mol. The predicted molar refractivity (Wildman–Crippen MR) is 59.5 cm³/mol. The molecule has 1 heterocycles. The number of hydrogen-bond donors (Lipinski definition) is 0. The summed E-state index contributed by atoms with van der Waals surface area (Å²) < 4.78 is 0. The monoisotopic (exact) mass is 212 g/mol. The van der Waals surface area contributed by atoms with Crippen LogP contribution in [0.25, 0.3) is 0 Å². The molecule has 86 valence electrons. The first-order chi connectivity index (χ1) is 6.70. The van der Waals surface area contributed by atoms with E-state index >= 15 is 0 Å². The Morgan fingerprint density at radius 3 is 1.87 bits per heavy atom. The van der Waals surface area contributed by atoms with Gasteiger partial charge in [0.15, 0.2) is 0 Å². The zero-order valence-electron chi connectivity index (χ0n) is 10.2. The predicted octanol–water partition coefficient (Wildman–Crippen LogP) is 2.32. The van der Waals surface area contributed by atoms with E-state index in [2.05, 4.69) is 5.18 Å². The van der Waals surface area contributed by atoms with Gasteiger partial charge in [0.1, 0.15) is 0 Å². The maximum Gasteiger partial charge on any atom is 0.220 e. The van der Waals surface area contributed by atoms with Crippen molar-refractivity contribution < 1.29 is 4.79 Å². The molecule has 1 saturated heterocycles. The Hall–Kier alpha value is -0.930. The van der Waals surface area contributed by atoms with E-state index < -0.39 is 0 Å². The lowest BCUT2D eigenvalue weighted by Gasteiger charge is -2.53. The van der Waals surface area contributed by atoms with Gasteiger partial charge in [0, 0.05) is 18.0 Å². The molecule has 1 rings (SSSR count). The molecule has 1 aliphatic rings. The lowest BCUT2D eigenvalue weighted by Crippen LogP contribution is -2.63. The first-order valence-electron chi connectivity index (χ1n) is 5.34. The minimum absolute atomic E-state index is 0.0642. The first kappa shape index (κ1) is 12.1. The number of carbonyl (C=O) groups is 1. The van der Waals surface area contributed by atoms with Gasteiger partial charge in [-0.2, -0.15) is 4.91 Å². The molecule has 15 heavy (non-hydrogen) atoms. The molecule has 0 atom stereocenters. The molecule has 0 spiro atoms. The lowest BCUT2D eigenvalue weighted by molar-refractivity contribution is -0.147. The normalized spacial score (nSPS) is 25.0. The van der Waals surface area contributed by atoms with Crippen LogP contribution in [-0.4, -0.2) is 27.9 Å². The molecule has 4 nitrogen and oxygen atoms in total. The number of piperidine rings is 1. The van der Waals surface area contributed by atoms with Gasteiger partial charge >= 0.3 is 0 Å². The summed E-state index contributed by atoms with van der Waals surface area (Å²) >= 11 is 0. The van der Waals surface area contributed by atoms with Crippen molar-refractivity contribution in [1.82, 2.24) is 4.90 Å². The van der Waals surface area contributed by atoms with Crippen molar-refractivity contribution in [3.63, 3.8) is 0 Å². The molecule has 0 aromatic carbocycles. The van der Waals surface area contributed by atoms with E-state index in [1.807, 2.05) is 32.6 Å². The van der Waals surface area contributed by atoms with Crippen molar-refractivity contribution in [2.24, 2.45) is 5.18 Å². The Morgan fingerprint density at radius 2 is 1.60 bits per heavy atom. The summed E-state index contributed by atoms with van der Waals surface area (Å²) in [4.78, 5) is 24.2. The standard InChI is InChI=1S/C11H20N2O2/c1-8(14)13-10(2,3)6-9(12-15)7-11(13,4)5/h9H,6-7H2,1-5H3. The fraction of sp³-hybridized carbons (Fsp3) is 0.909. The Kier molecular flexibility index (Phi) is 2.90. The minimum Gasteiger partial charge on any atom is -0.333 e. The molecule has 1 fully saturated rings. The van der Waals surface area contributed by atoms with Gasteiger partial charge in [-0.3, -0.25) is 4.79 Å². The highest BCUT2D eigenvalue weighted by atomic mass is 16.3. The van der Waals surface area contributed by atoms with E-state index in [1.54, 1.807) is 6.92 Å².